The molecule has 0 aromatic heterocycles. The average molecular weight is 264 g/mol. The minimum atomic E-state index is -0.910. The summed E-state index contributed by atoms with van der Waals surface area (Å²) in [5.74, 6) is -1.84. The Morgan fingerprint density at radius 2 is 1.89 bits per heavy atom. The molecule has 2 unspecified atom stereocenters. The van der Waals surface area contributed by atoms with Crippen molar-refractivity contribution in [1.29, 1.82) is 0 Å². The van der Waals surface area contributed by atoms with E-state index in [-0.39, 0.29) is 12.5 Å². The number of carboxylic acid groups (broad SMARTS) is 1. The van der Waals surface area contributed by atoms with Gasteiger partial charge in [0.25, 0.3) is 0 Å². The van der Waals surface area contributed by atoms with Gasteiger partial charge < -0.3 is 16.2 Å². The van der Waals surface area contributed by atoms with Crippen LogP contribution in [0.15, 0.2) is 24.3 Å². The minimum Gasteiger partial charge on any atom is -0.481 e. The van der Waals surface area contributed by atoms with Crippen LogP contribution in [0.1, 0.15) is 30.5 Å². The highest BCUT2D eigenvalue weighted by molar-refractivity contribution is 5.83. The molecule has 2 atom stereocenters. The second kappa shape index (κ2) is 6.89. The largest absolute Gasteiger partial charge is 0.481 e. The lowest BCUT2D eigenvalue weighted by Crippen LogP contribution is -2.38. The Hall–Kier alpha value is -1.88. The first-order valence-corrected chi connectivity index (χ1v) is 6.28. The standard InChI is InChI=1S/C14H20N2O3/c1-3-10(14(18)19)8-16-13(17)12(15)11-6-4-9(2)5-7-11/h4-7,10,12H,3,8,15H2,1-2H3,(H,16,17)(H,18,19). The van der Waals surface area contributed by atoms with Crippen molar-refractivity contribution in [2.75, 3.05) is 6.54 Å². The molecule has 1 aromatic rings. The van der Waals surface area contributed by atoms with E-state index in [0.717, 1.165) is 5.56 Å². The van der Waals surface area contributed by atoms with Crippen molar-refractivity contribution in [2.24, 2.45) is 11.7 Å². The zero-order valence-corrected chi connectivity index (χ0v) is 11.2. The van der Waals surface area contributed by atoms with Gasteiger partial charge in [0.2, 0.25) is 5.91 Å². The van der Waals surface area contributed by atoms with Crippen LogP contribution in [0.4, 0.5) is 0 Å². The number of rotatable bonds is 6. The molecule has 4 N–H and O–H groups in total. The van der Waals surface area contributed by atoms with Crippen LogP contribution in [-0.2, 0) is 9.59 Å². The van der Waals surface area contributed by atoms with Gasteiger partial charge in [0.15, 0.2) is 0 Å². The zero-order valence-electron chi connectivity index (χ0n) is 11.2. The quantitative estimate of drug-likeness (QED) is 0.720. The first kappa shape index (κ1) is 15.2. The molecule has 5 heteroatoms. The van der Waals surface area contributed by atoms with Crippen LogP contribution in [0.3, 0.4) is 0 Å². The maximum absolute atomic E-state index is 11.8. The summed E-state index contributed by atoms with van der Waals surface area (Å²) in [5, 5.41) is 11.5. The smallest absolute Gasteiger partial charge is 0.308 e. The molecule has 0 saturated carbocycles. The van der Waals surface area contributed by atoms with Gasteiger partial charge in [0.1, 0.15) is 6.04 Å². The lowest BCUT2D eigenvalue weighted by molar-refractivity contribution is -0.141. The predicted molar refractivity (Wildman–Crippen MR) is 72.5 cm³/mol. The summed E-state index contributed by atoms with van der Waals surface area (Å²) in [5.41, 5.74) is 7.64. The van der Waals surface area contributed by atoms with Gasteiger partial charge in [-0.05, 0) is 18.9 Å². The van der Waals surface area contributed by atoms with Gasteiger partial charge in [-0.3, -0.25) is 9.59 Å². The van der Waals surface area contributed by atoms with Gasteiger partial charge in [0, 0.05) is 6.54 Å². The van der Waals surface area contributed by atoms with Crippen LogP contribution in [-0.4, -0.2) is 23.5 Å². The number of carboxylic acids is 1. The predicted octanol–water partition coefficient (Wildman–Crippen LogP) is 1.22. The van der Waals surface area contributed by atoms with E-state index in [1.165, 1.54) is 0 Å². The summed E-state index contributed by atoms with van der Waals surface area (Å²) < 4.78 is 0. The fraction of sp³-hybridized carbons (Fsp3) is 0.429. The number of carbonyl (C=O) groups excluding carboxylic acids is 1. The molecule has 0 fully saturated rings. The maximum Gasteiger partial charge on any atom is 0.308 e. The third-order valence-corrected chi connectivity index (χ3v) is 3.08. The molecule has 104 valence electrons. The Morgan fingerprint density at radius 3 is 2.37 bits per heavy atom. The highest BCUT2D eigenvalue weighted by Crippen LogP contribution is 2.11. The molecule has 0 aliphatic carbocycles. The van der Waals surface area contributed by atoms with Crippen LogP contribution < -0.4 is 11.1 Å². The first-order valence-electron chi connectivity index (χ1n) is 6.28. The third-order valence-electron chi connectivity index (χ3n) is 3.08. The van der Waals surface area contributed by atoms with Crippen molar-refractivity contribution in [1.82, 2.24) is 5.32 Å². The molecule has 1 rings (SSSR count). The van der Waals surface area contributed by atoms with E-state index in [0.29, 0.717) is 12.0 Å². The van der Waals surface area contributed by atoms with Crippen molar-refractivity contribution in [3.05, 3.63) is 35.4 Å². The van der Waals surface area contributed by atoms with E-state index in [1.54, 1.807) is 19.1 Å². The van der Waals surface area contributed by atoms with Crippen molar-refractivity contribution in [3.8, 4) is 0 Å². The van der Waals surface area contributed by atoms with Gasteiger partial charge in [-0.2, -0.15) is 0 Å². The number of hydrogen-bond acceptors (Lipinski definition) is 3. The lowest BCUT2D eigenvalue weighted by atomic mass is 10.0. The second-order valence-electron chi connectivity index (χ2n) is 4.58. The number of amides is 1. The van der Waals surface area contributed by atoms with Crippen LogP contribution >= 0.6 is 0 Å². The molecule has 0 aliphatic heterocycles. The van der Waals surface area contributed by atoms with Crippen molar-refractivity contribution < 1.29 is 14.7 Å². The Balaban J connectivity index is 2.58. The van der Waals surface area contributed by atoms with Crippen LogP contribution in [0.5, 0.6) is 0 Å². The summed E-state index contributed by atoms with van der Waals surface area (Å²) in [6.07, 6.45) is 0.468. The summed E-state index contributed by atoms with van der Waals surface area (Å²) in [7, 11) is 0. The molecule has 0 aliphatic rings. The number of aryl methyl sites for hydroxylation is 1. The summed E-state index contributed by atoms with van der Waals surface area (Å²) in [6.45, 7) is 3.82. The molecular formula is C14H20N2O3. The lowest BCUT2D eigenvalue weighted by Gasteiger charge is -2.15. The van der Waals surface area contributed by atoms with E-state index in [1.807, 2.05) is 19.1 Å². The van der Waals surface area contributed by atoms with E-state index >= 15 is 0 Å². The number of nitrogens with one attached hydrogen (secondary N) is 1. The molecule has 0 heterocycles. The maximum atomic E-state index is 11.8. The Morgan fingerprint density at radius 1 is 1.32 bits per heavy atom. The molecule has 0 saturated heterocycles. The topological polar surface area (TPSA) is 92.4 Å². The Kier molecular flexibility index (Phi) is 5.51. The SMILES string of the molecule is CCC(CNC(=O)C(N)c1ccc(C)cc1)C(=O)O. The summed E-state index contributed by atoms with van der Waals surface area (Å²) >= 11 is 0. The monoisotopic (exact) mass is 264 g/mol. The molecule has 0 spiro atoms. The number of carbonyl (C=O) groups is 2. The van der Waals surface area contributed by atoms with Crippen LogP contribution in [0.25, 0.3) is 0 Å². The third kappa shape index (κ3) is 4.37. The molecule has 19 heavy (non-hydrogen) atoms. The molecule has 1 amide bonds. The summed E-state index contributed by atoms with van der Waals surface area (Å²) in [6, 6.07) is 6.59. The molecule has 1 aromatic carbocycles. The molecule has 0 bridgehead atoms. The Bertz CT molecular complexity index is 443. The summed E-state index contributed by atoms with van der Waals surface area (Å²) in [4.78, 5) is 22.7. The number of hydrogen-bond donors (Lipinski definition) is 3. The zero-order chi connectivity index (χ0) is 14.4. The fourth-order valence-electron chi connectivity index (χ4n) is 1.67. The first-order chi connectivity index (χ1) is 8.95. The average Bonchev–Trinajstić information content (AvgIpc) is 2.38. The van der Waals surface area contributed by atoms with Crippen molar-refractivity contribution in [2.45, 2.75) is 26.3 Å². The number of benzene rings is 1. The van der Waals surface area contributed by atoms with Gasteiger partial charge >= 0.3 is 5.97 Å². The van der Waals surface area contributed by atoms with Gasteiger partial charge in [0.05, 0.1) is 5.92 Å². The van der Waals surface area contributed by atoms with Gasteiger partial charge in [-0.15, -0.1) is 0 Å². The normalized spacial score (nSPS) is 13.6. The van der Waals surface area contributed by atoms with E-state index in [9.17, 15) is 9.59 Å². The fourth-order valence-corrected chi connectivity index (χ4v) is 1.67. The second-order valence-corrected chi connectivity index (χ2v) is 4.58. The molecular weight excluding hydrogens is 244 g/mol. The number of nitrogens with two attached hydrogens (primary N) is 1. The van der Waals surface area contributed by atoms with Gasteiger partial charge in [-0.1, -0.05) is 36.8 Å². The van der Waals surface area contributed by atoms with Crippen LogP contribution in [0, 0.1) is 12.8 Å². The van der Waals surface area contributed by atoms with E-state index < -0.39 is 17.9 Å². The number of aliphatic carboxylic acids is 1. The van der Waals surface area contributed by atoms with E-state index in [4.69, 9.17) is 10.8 Å². The minimum absolute atomic E-state index is 0.101. The molecule has 0 radical (unpaired) electrons. The highest BCUT2D eigenvalue weighted by atomic mass is 16.4. The Labute approximate surface area is 112 Å². The van der Waals surface area contributed by atoms with Gasteiger partial charge in [-0.25, -0.2) is 0 Å². The van der Waals surface area contributed by atoms with Crippen molar-refractivity contribution in [3.63, 3.8) is 0 Å². The van der Waals surface area contributed by atoms with Crippen LogP contribution in [0.2, 0.25) is 0 Å². The van der Waals surface area contributed by atoms with Crippen molar-refractivity contribution >= 4 is 11.9 Å². The molecule has 5 nitrogen and oxygen atoms in total. The van der Waals surface area contributed by atoms with E-state index in [2.05, 4.69) is 5.32 Å². The highest BCUT2D eigenvalue weighted by Gasteiger charge is 2.19.